The molecule has 10 heteroatoms. The van der Waals surface area contributed by atoms with Crippen molar-refractivity contribution in [1.29, 1.82) is 0 Å². The zero-order valence-corrected chi connectivity index (χ0v) is 15.4. The van der Waals surface area contributed by atoms with Gasteiger partial charge in [-0.3, -0.25) is 19.6 Å². The van der Waals surface area contributed by atoms with Crippen LogP contribution in [-0.2, 0) is 22.7 Å². The van der Waals surface area contributed by atoms with Gasteiger partial charge in [0.25, 0.3) is 0 Å². The van der Waals surface area contributed by atoms with Gasteiger partial charge < -0.3 is 13.9 Å². The van der Waals surface area contributed by atoms with E-state index in [1.54, 1.807) is 18.2 Å². The molecule has 0 radical (unpaired) electrons. The van der Waals surface area contributed by atoms with Crippen molar-refractivity contribution in [2.24, 2.45) is 0 Å². The highest BCUT2D eigenvalue weighted by Gasteiger charge is 2.23. The summed E-state index contributed by atoms with van der Waals surface area (Å²) in [6, 6.07) is 6.21. The van der Waals surface area contributed by atoms with E-state index < -0.39 is 16.5 Å². The molecule has 0 spiro atoms. The quantitative estimate of drug-likeness (QED) is 0.273. The highest BCUT2D eigenvalue weighted by atomic mass is 16.6. The predicted octanol–water partition coefficient (Wildman–Crippen LogP) is 2.27. The van der Waals surface area contributed by atoms with Gasteiger partial charge in [0, 0.05) is 23.1 Å². The minimum absolute atomic E-state index is 0.131. The first-order chi connectivity index (χ1) is 13.3. The molecule has 0 fully saturated rings. The van der Waals surface area contributed by atoms with Gasteiger partial charge in [-0.1, -0.05) is 0 Å². The first-order valence-electron chi connectivity index (χ1n) is 8.25. The number of aryl methyl sites for hydroxylation is 1. The van der Waals surface area contributed by atoms with E-state index in [2.05, 4.69) is 5.10 Å². The van der Waals surface area contributed by atoms with Crippen LogP contribution in [0.25, 0.3) is 11.0 Å². The molecule has 146 valence electrons. The van der Waals surface area contributed by atoms with Gasteiger partial charge in [0.1, 0.15) is 35.9 Å². The van der Waals surface area contributed by atoms with Gasteiger partial charge in [-0.2, -0.15) is 5.10 Å². The molecule has 0 aliphatic rings. The normalized spacial score (nSPS) is 10.8. The van der Waals surface area contributed by atoms with Crippen LogP contribution in [0.15, 0.2) is 33.5 Å². The molecule has 0 aliphatic heterocycles. The molecule has 10 nitrogen and oxygen atoms in total. The molecule has 3 rings (SSSR count). The number of carbonyl (C=O) groups is 1. The average Bonchev–Trinajstić information content (AvgIpc) is 2.92. The number of methoxy groups -OCH3 is 1. The van der Waals surface area contributed by atoms with Crippen molar-refractivity contribution in [2.75, 3.05) is 7.11 Å². The Morgan fingerprint density at radius 2 is 2.07 bits per heavy atom. The maximum atomic E-state index is 12.2. The monoisotopic (exact) mass is 387 g/mol. The van der Waals surface area contributed by atoms with Gasteiger partial charge in [0.05, 0.1) is 12.0 Å². The Morgan fingerprint density at radius 1 is 1.32 bits per heavy atom. The number of fused-ring (bicyclic) bond motifs is 1. The zero-order valence-electron chi connectivity index (χ0n) is 15.4. The van der Waals surface area contributed by atoms with E-state index in [4.69, 9.17) is 13.9 Å². The molecule has 0 unspecified atom stereocenters. The Kier molecular flexibility index (Phi) is 5.12. The van der Waals surface area contributed by atoms with Crippen molar-refractivity contribution in [3.05, 3.63) is 61.8 Å². The van der Waals surface area contributed by atoms with Crippen LogP contribution < -0.4 is 10.4 Å². The van der Waals surface area contributed by atoms with Crippen LogP contribution in [0.5, 0.6) is 5.75 Å². The van der Waals surface area contributed by atoms with Gasteiger partial charge in [-0.05, 0) is 26.0 Å². The van der Waals surface area contributed by atoms with E-state index in [-0.39, 0.29) is 30.2 Å². The maximum Gasteiger partial charge on any atom is 0.336 e. The van der Waals surface area contributed by atoms with Crippen LogP contribution in [0, 0.1) is 24.0 Å². The number of esters is 1. The largest absolute Gasteiger partial charge is 0.497 e. The lowest BCUT2D eigenvalue weighted by molar-refractivity contribution is -0.386. The Bertz CT molecular complexity index is 1130. The summed E-state index contributed by atoms with van der Waals surface area (Å²) >= 11 is 0. The van der Waals surface area contributed by atoms with Crippen molar-refractivity contribution in [1.82, 2.24) is 9.78 Å². The molecule has 2 heterocycles. The first-order valence-corrected chi connectivity index (χ1v) is 8.25. The molecule has 0 N–H and O–H groups in total. The molecule has 0 saturated heterocycles. The molecule has 28 heavy (non-hydrogen) atoms. The third-order valence-electron chi connectivity index (χ3n) is 4.23. The zero-order chi connectivity index (χ0) is 20.4. The summed E-state index contributed by atoms with van der Waals surface area (Å²) < 4.78 is 16.7. The highest BCUT2D eigenvalue weighted by Crippen LogP contribution is 2.24. The molecule has 0 amide bonds. The fourth-order valence-corrected chi connectivity index (χ4v) is 2.89. The minimum atomic E-state index is -0.643. The smallest absolute Gasteiger partial charge is 0.336 e. The lowest BCUT2D eigenvalue weighted by atomic mass is 10.1. The van der Waals surface area contributed by atoms with Crippen LogP contribution in [0.4, 0.5) is 5.69 Å². The van der Waals surface area contributed by atoms with Crippen LogP contribution in [-0.4, -0.2) is 27.8 Å². The molecule has 1 aromatic carbocycles. The standard InChI is InChI=1S/C18H17N3O7/c1-10-18(21(24)25)11(2)20(19-10)8-17(23)27-9-12-6-16(22)28-15-7-13(26-3)4-5-14(12)15/h4-7H,8-9H2,1-3H3. The fraction of sp³-hybridized carbons (Fsp3) is 0.278. The molecule has 0 saturated carbocycles. The van der Waals surface area contributed by atoms with Gasteiger partial charge >= 0.3 is 17.3 Å². The molecule has 2 aromatic heterocycles. The highest BCUT2D eigenvalue weighted by molar-refractivity contribution is 5.81. The van der Waals surface area contributed by atoms with Gasteiger partial charge in [0.15, 0.2) is 0 Å². The van der Waals surface area contributed by atoms with Crippen molar-refractivity contribution in [3.63, 3.8) is 0 Å². The molecule has 0 bridgehead atoms. The number of carbonyl (C=O) groups excluding carboxylic acids is 1. The molecule has 0 aliphatic carbocycles. The van der Waals surface area contributed by atoms with E-state index in [9.17, 15) is 19.7 Å². The van der Waals surface area contributed by atoms with Gasteiger partial charge in [-0.25, -0.2) is 4.79 Å². The van der Waals surface area contributed by atoms with E-state index in [1.807, 2.05) is 0 Å². The summed E-state index contributed by atoms with van der Waals surface area (Å²) in [4.78, 5) is 34.4. The fourth-order valence-electron chi connectivity index (χ4n) is 2.89. The Balaban J connectivity index is 1.77. The minimum Gasteiger partial charge on any atom is -0.497 e. The maximum absolute atomic E-state index is 12.2. The number of hydrogen-bond acceptors (Lipinski definition) is 8. The molecule has 0 atom stereocenters. The van der Waals surface area contributed by atoms with Crippen LogP contribution >= 0.6 is 0 Å². The van der Waals surface area contributed by atoms with E-state index in [0.29, 0.717) is 22.3 Å². The van der Waals surface area contributed by atoms with Crippen LogP contribution in [0.1, 0.15) is 17.0 Å². The second kappa shape index (κ2) is 7.51. The summed E-state index contributed by atoms with van der Waals surface area (Å²) in [5, 5.41) is 15.7. The lowest BCUT2D eigenvalue weighted by Crippen LogP contribution is -2.16. The molecule has 3 aromatic rings. The Labute approximate surface area is 158 Å². The Morgan fingerprint density at radius 3 is 2.71 bits per heavy atom. The van der Waals surface area contributed by atoms with E-state index in [0.717, 1.165) is 0 Å². The topological polar surface area (TPSA) is 127 Å². The lowest BCUT2D eigenvalue weighted by Gasteiger charge is -2.09. The summed E-state index contributed by atoms with van der Waals surface area (Å²) in [5.41, 5.74) is 0.552. The summed E-state index contributed by atoms with van der Waals surface area (Å²) in [6.07, 6.45) is 0. The third-order valence-corrected chi connectivity index (χ3v) is 4.23. The number of nitrogens with zero attached hydrogens (tertiary/aromatic N) is 3. The molecular formula is C18H17N3O7. The summed E-state index contributed by atoms with van der Waals surface area (Å²) in [6.45, 7) is 2.56. The van der Waals surface area contributed by atoms with E-state index in [1.165, 1.54) is 31.7 Å². The van der Waals surface area contributed by atoms with Crippen molar-refractivity contribution < 1.29 is 23.6 Å². The van der Waals surface area contributed by atoms with Gasteiger partial charge in [0.2, 0.25) is 0 Å². The second-order valence-corrected chi connectivity index (χ2v) is 6.05. The number of benzene rings is 1. The number of aromatic nitrogens is 2. The van der Waals surface area contributed by atoms with Gasteiger partial charge in [-0.15, -0.1) is 0 Å². The number of nitro groups is 1. The Hall–Kier alpha value is -3.69. The van der Waals surface area contributed by atoms with Crippen LogP contribution in [0.3, 0.4) is 0 Å². The first kappa shape index (κ1) is 19.1. The second-order valence-electron chi connectivity index (χ2n) is 6.05. The number of hydrogen-bond donors (Lipinski definition) is 0. The van der Waals surface area contributed by atoms with Crippen molar-refractivity contribution in [2.45, 2.75) is 27.0 Å². The average molecular weight is 387 g/mol. The van der Waals surface area contributed by atoms with Crippen LogP contribution in [0.2, 0.25) is 0 Å². The number of rotatable bonds is 6. The van der Waals surface area contributed by atoms with Crippen molar-refractivity contribution in [3.8, 4) is 5.75 Å². The SMILES string of the molecule is COc1ccc2c(COC(=O)Cn3nc(C)c([N+](=O)[O-])c3C)cc(=O)oc2c1. The third kappa shape index (κ3) is 3.70. The summed E-state index contributed by atoms with van der Waals surface area (Å²) in [5.74, 6) is -0.119. The van der Waals surface area contributed by atoms with Crippen molar-refractivity contribution >= 4 is 22.6 Å². The molecular weight excluding hydrogens is 370 g/mol. The number of ether oxygens (including phenoxy) is 2. The van der Waals surface area contributed by atoms with E-state index >= 15 is 0 Å². The predicted molar refractivity (Wildman–Crippen MR) is 97.2 cm³/mol. The summed E-state index contributed by atoms with van der Waals surface area (Å²) in [7, 11) is 1.49.